The summed E-state index contributed by atoms with van der Waals surface area (Å²) in [5.74, 6) is 1.70. The van der Waals surface area contributed by atoms with Crippen molar-refractivity contribution in [2.45, 2.75) is 12.8 Å². The monoisotopic (exact) mass is 424 g/mol. The molecule has 0 aliphatic heterocycles. The number of hydrogen-bond acceptors (Lipinski definition) is 2. The SMILES string of the molecule is C1=CCCc2ccc(-c3cc4c5ccccc5c5cc(-c6ccccc6)oc5c4o3)cc2C=1. The third-order valence-corrected chi connectivity index (χ3v) is 6.58. The summed E-state index contributed by atoms with van der Waals surface area (Å²) >= 11 is 0. The highest BCUT2D eigenvalue weighted by atomic mass is 16.4. The highest BCUT2D eigenvalue weighted by Gasteiger charge is 2.19. The van der Waals surface area contributed by atoms with Gasteiger partial charge in [-0.3, -0.25) is 0 Å². The fourth-order valence-corrected chi connectivity index (χ4v) is 4.93. The molecule has 0 bridgehead atoms. The fourth-order valence-electron chi connectivity index (χ4n) is 4.93. The first-order valence-corrected chi connectivity index (χ1v) is 11.3. The quantitative estimate of drug-likeness (QED) is 0.260. The number of aryl methyl sites for hydroxylation is 1. The lowest BCUT2D eigenvalue weighted by atomic mass is 9.99. The lowest BCUT2D eigenvalue weighted by Crippen LogP contribution is -1.88. The number of hydrogen-bond donors (Lipinski definition) is 0. The van der Waals surface area contributed by atoms with Crippen LogP contribution < -0.4 is 0 Å². The number of fused-ring (bicyclic) bond motifs is 7. The minimum absolute atomic E-state index is 0.797. The Bertz CT molecular complexity index is 1740. The second-order valence-corrected chi connectivity index (χ2v) is 8.59. The Labute approximate surface area is 191 Å². The van der Waals surface area contributed by atoms with Gasteiger partial charge < -0.3 is 8.83 Å². The van der Waals surface area contributed by atoms with Crippen molar-refractivity contribution in [3.05, 3.63) is 108 Å². The molecule has 0 unspecified atom stereocenters. The summed E-state index contributed by atoms with van der Waals surface area (Å²) in [6.07, 6.45) is 6.24. The van der Waals surface area contributed by atoms with Crippen molar-refractivity contribution < 1.29 is 8.83 Å². The average Bonchev–Trinajstić information content (AvgIpc) is 3.44. The van der Waals surface area contributed by atoms with Gasteiger partial charge in [-0.25, -0.2) is 0 Å². The first-order valence-electron chi connectivity index (χ1n) is 11.3. The number of rotatable bonds is 2. The van der Waals surface area contributed by atoms with Crippen LogP contribution in [0.15, 0.2) is 106 Å². The van der Waals surface area contributed by atoms with E-state index in [1.54, 1.807) is 0 Å². The predicted octanol–water partition coefficient (Wildman–Crippen LogP) is 8.78. The minimum Gasteiger partial charge on any atom is -0.452 e. The van der Waals surface area contributed by atoms with Gasteiger partial charge in [0, 0.05) is 21.9 Å². The molecule has 0 saturated heterocycles. The molecule has 0 fully saturated rings. The van der Waals surface area contributed by atoms with Crippen LogP contribution in [0, 0.1) is 0 Å². The van der Waals surface area contributed by atoms with Crippen LogP contribution in [-0.4, -0.2) is 0 Å². The van der Waals surface area contributed by atoms with Gasteiger partial charge in [0.2, 0.25) is 0 Å². The maximum atomic E-state index is 6.51. The van der Waals surface area contributed by atoms with E-state index >= 15 is 0 Å². The van der Waals surface area contributed by atoms with Crippen LogP contribution in [0.3, 0.4) is 0 Å². The van der Waals surface area contributed by atoms with Gasteiger partial charge in [0.15, 0.2) is 11.2 Å². The molecule has 0 spiro atoms. The van der Waals surface area contributed by atoms with Crippen LogP contribution in [-0.2, 0) is 6.42 Å². The summed E-state index contributed by atoms with van der Waals surface area (Å²) in [7, 11) is 0. The van der Waals surface area contributed by atoms with Crippen molar-refractivity contribution in [2.75, 3.05) is 0 Å². The van der Waals surface area contributed by atoms with Crippen LogP contribution >= 0.6 is 0 Å². The Hall–Kier alpha value is -4.26. The van der Waals surface area contributed by atoms with Crippen molar-refractivity contribution >= 4 is 38.8 Å². The molecular weight excluding hydrogens is 404 g/mol. The molecule has 4 aromatic carbocycles. The summed E-state index contributed by atoms with van der Waals surface area (Å²) in [5, 5.41) is 4.50. The van der Waals surface area contributed by atoms with Crippen molar-refractivity contribution in [3.63, 3.8) is 0 Å². The van der Waals surface area contributed by atoms with Crippen LogP contribution in [0.1, 0.15) is 17.5 Å². The first-order chi connectivity index (χ1) is 16.3. The zero-order valence-corrected chi connectivity index (χ0v) is 18.0. The predicted molar refractivity (Wildman–Crippen MR) is 135 cm³/mol. The Morgan fingerprint density at radius 1 is 0.606 bits per heavy atom. The van der Waals surface area contributed by atoms with Crippen molar-refractivity contribution in [3.8, 4) is 22.6 Å². The molecule has 6 aromatic rings. The van der Waals surface area contributed by atoms with E-state index < -0.39 is 0 Å². The van der Waals surface area contributed by atoms with E-state index in [1.165, 1.54) is 21.9 Å². The van der Waals surface area contributed by atoms with Crippen molar-refractivity contribution in [1.29, 1.82) is 0 Å². The standard InChI is InChI=1S/C31H20O2/c1-3-9-20-15-16-23(17-22(20)12-6-1)29-19-27-25-14-8-7-13-24(25)26-18-28(21-10-4-2-5-11-21)32-30(26)31(27)33-29/h1-2,4-5,7-8,10-19H,3,9H2. The summed E-state index contributed by atoms with van der Waals surface area (Å²) in [4.78, 5) is 0. The molecule has 33 heavy (non-hydrogen) atoms. The van der Waals surface area contributed by atoms with Gasteiger partial charge in [-0.15, -0.1) is 5.73 Å². The summed E-state index contributed by atoms with van der Waals surface area (Å²) in [6, 6.07) is 29.6. The number of furan rings is 2. The minimum atomic E-state index is 0.797. The van der Waals surface area contributed by atoms with E-state index in [1.807, 2.05) is 18.2 Å². The van der Waals surface area contributed by atoms with Gasteiger partial charge >= 0.3 is 0 Å². The lowest BCUT2D eigenvalue weighted by molar-refractivity contribution is 0.598. The molecule has 1 aliphatic rings. The Kier molecular flexibility index (Phi) is 3.96. The third kappa shape index (κ3) is 2.89. The Balaban J connectivity index is 1.50. The smallest absolute Gasteiger partial charge is 0.178 e. The van der Waals surface area contributed by atoms with Crippen LogP contribution in [0.5, 0.6) is 0 Å². The maximum Gasteiger partial charge on any atom is 0.178 e. The van der Waals surface area contributed by atoms with E-state index in [9.17, 15) is 0 Å². The molecular formula is C31H20O2. The molecule has 2 aromatic heterocycles. The molecule has 2 nitrogen and oxygen atoms in total. The third-order valence-electron chi connectivity index (χ3n) is 6.58. The molecule has 0 atom stereocenters. The number of allylic oxidation sites excluding steroid dienone is 1. The molecule has 0 saturated carbocycles. The lowest BCUT2D eigenvalue weighted by Gasteiger charge is -2.05. The summed E-state index contributed by atoms with van der Waals surface area (Å²) < 4.78 is 12.9. The van der Waals surface area contributed by atoms with Crippen molar-refractivity contribution in [1.82, 2.24) is 0 Å². The topological polar surface area (TPSA) is 26.3 Å². The zero-order valence-electron chi connectivity index (χ0n) is 18.0. The average molecular weight is 424 g/mol. The molecule has 1 aliphatic carbocycles. The Morgan fingerprint density at radius 3 is 2.00 bits per heavy atom. The normalized spacial score (nSPS) is 13.1. The van der Waals surface area contributed by atoms with E-state index in [4.69, 9.17) is 8.83 Å². The molecule has 2 heterocycles. The van der Waals surface area contributed by atoms with Gasteiger partial charge in [-0.2, -0.15) is 0 Å². The van der Waals surface area contributed by atoms with Gasteiger partial charge in [-0.05, 0) is 65.1 Å². The molecule has 0 N–H and O–H groups in total. The highest BCUT2D eigenvalue weighted by molar-refractivity contribution is 6.23. The Morgan fingerprint density at radius 2 is 1.27 bits per heavy atom. The van der Waals surface area contributed by atoms with Crippen molar-refractivity contribution in [2.24, 2.45) is 0 Å². The van der Waals surface area contributed by atoms with E-state index in [0.29, 0.717) is 0 Å². The number of benzene rings is 4. The highest BCUT2D eigenvalue weighted by Crippen LogP contribution is 2.42. The fraction of sp³-hybridized carbons (Fsp3) is 0.0645. The van der Waals surface area contributed by atoms with Crippen LogP contribution in [0.4, 0.5) is 0 Å². The van der Waals surface area contributed by atoms with Gasteiger partial charge in [0.1, 0.15) is 11.5 Å². The molecule has 156 valence electrons. The van der Waals surface area contributed by atoms with E-state index in [-0.39, 0.29) is 0 Å². The molecule has 0 radical (unpaired) electrons. The van der Waals surface area contributed by atoms with Gasteiger partial charge in [0.05, 0.1) is 0 Å². The second kappa shape index (κ2) is 7.13. The summed E-state index contributed by atoms with van der Waals surface area (Å²) in [6.45, 7) is 0. The maximum absolute atomic E-state index is 6.51. The van der Waals surface area contributed by atoms with Gasteiger partial charge in [0.25, 0.3) is 0 Å². The zero-order chi connectivity index (χ0) is 21.8. The molecule has 7 rings (SSSR count). The van der Waals surface area contributed by atoms with E-state index in [2.05, 4.69) is 84.6 Å². The van der Waals surface area contributed by atoms with E-state index in [0.717, 1.165) is 57.4 Å². The van der Waals surface area contributed by atoms with Crippen LogP contribution in [0.25, 0.3) is 61.4 Å². The first kappa shape index (κ1) is 18.3. The second-order valence-electron chi connectivity index (χ2n) is 8.59. The van der Waals surface area contributed by atoms with Crippen LogP contribution in [0.2, 0.25) is 0 Å². The largest absolute Gasteiger partial charge is 0.452 e. The van der Waals surface area contributed by atoms with Gasteiger partial charge in [-0.1, -0.05) is 66.7 Å². The molecule has 2 heteroatoms. The molecule has 0 amide bonds. The summed E-state index contributed by atoms with van der Waals surface area (Å²) in [5.41, 5.74) is 9.56.